The molecule has 1 aromatic rings. The minimum atomic E-state index is 0. The van der Waals surface area contributed by atoms with Crippen LogP contribution in [0.4, 0.5) is 5.69 Å². The highest BCUT2D eigenvalue weighted by Gasteiger charge is 2.20. The number of para-hydroxylation sites is 1. The highest BCUT2D eigenvalue weighted by molar-refractivity contribution is 14.0. The Morgan fingerprint density at radius 1 is 1.07 bits per heavy atom. The molecule has 0 aromatic heterocycles. The van der Waals surface area contributed by atoms with Crippen LogP contribution < -0.4 is 15.5 Å². The van der Waals surface area contributed by atoms with E-state index in [0.29, 0.717) is 13.0 Å². The third-order valence-electron chi connectivity index (χ3n) is 4.86. The Bertz CT molecular complexity index is 586. The van der Waals surface area contributed by atoms with Gasteiger partial charge in [-0.05, 0) is 30.9 Å². The molecule has 1 saturated heterocycles. The molecule has 7 heteroatoms. The second-order valence-corrected chi connectivity index (χ2v) is 7.42. The molecule has 0 radical (unpaired) electrons. The van der Waals surface area contributed by atoms with Crippen LogP contribution >= 0.6 is 24.0 Å². The maximum absolute atomic E-state index is 12.5. The molecule has 6 nitrogen and oxygen atoms in total. The lowest BCUT2D eigenvalue weighted by Gasteiger charge is -2.36. The van der Waals surface area contributed by atoms with E-state index in [1.54, 1.807) is 7.05 Å². The Kier molecular flexibility index (Phi) is 11.9. The minimum Gasteiger partial charge on any atom is -0.368 e. The minimum absolute atomic E-state index is 0. The van der Waals surface area contributed by atoms with Crippen molar-refractivity contribution in [1.29, 1.82) is 0 Å². The number of anilines is 1. The van der Waals surface area contributed by atoms with Gasteiger partial charge in [0.25, 0.3) is 0 Å². The summed E-state index contributed by atoms with van der Waals surface area (Å²) in [6, 6.07) is 10.4. The molecule has 1 aliphatic heterocycles. The van der Waals surface area contributed by atoms with Crippen LogP contribution in [-0.4, -0.2) is 63.1 Å². The van der Waals surface area contributed by atoms with Gasteiger partial charge >= 0.3 is 0 Å². The first-order valence-electron chi connectivity index (χ1n) is 10.1. The zero-order chi connectivity index (χ0) is 19.5. The molecule has 2 rings (SSSR count). The Morgan fingerprint density at radius 3 is 2.32 bits per heavy atom. The smallest absolute Gasteiger partial charge is 0.224 e. The Labute approximate surface area is 187 Å². The van der Waals surface area contributed by atoms with Gasteiger partial charge in [-0.25, -0.2) is 0 Å². The van der Waals surface area contributed by atoms with Crippen molar-refractivity contribution in [2.75, 3.05) is 51.2 Å². The number of carbonyl (C=O) groups is 1. The summed E-state index contributed by atoms with van der Waals surface area (Å²) in [6.07, 6.45) is 2.83. The van der Waals surface area contributed by atoms with Crippen LogP contribution in [0.25, 0.3) is 0 Å². The molecule has 1 amide bonds. The number of hydrogen-bond donors (Lipinski definition) is 2. The van der Waals surface area contributed by atoms with Crippen LogP contribution in [0.5, 0.6) is 0 Å². The van der Waals surface area contributed by atoms with E-state index in [4.69, 9.17) is 0 Å². The molecule has 0 unspecified atom stereocenters. The monoisotopic (exact) mass is 501 g/mol. The SMILES string of the molecule is CN=C(NCCCC(C)C)NCCC(=O)N1CCN(c2ccccc2)CC1.I. The molecule has 0 saturated carbocycles. The van der Waals surface area contributed by atoms with E-state index in [1.807, 2.05) is 11.0 Å². The molecular weight excluding hydrogens is 465 g/mol. The maximum Gasteiger partial charge on any atom is 0.224 e. The van der Waals surface area contributed by atoms with E-state index in [-0.39, 0.29) is 29.9 Å². The number of aliphatic imine (C=N–C) groups is 1. The fourth-order valence-electron chi connectivity index (χ4n) is 3.24. The van der Waals surface area contributed by atoms with Gasteiger partial charge in [0.1, 0.15) is 0 Å². The molecule has 1 heterocycles. The van der Waals surface area contributed by atoms with Gasteiger partial charge < -0.3 is 20.4 Å². The fraction of sp³-hybridized carbons (Fsp3) is 0.619. The van der Waals surface area contributed by atoms with Crippen LogP contribution in [0.1, 0.15) is 33.1 Å². The standard InChI is InChI=1S/C21H35N5O.HI/c1-18(2)8-7-12-23-21(22-3)24-13-11-20(27)26-16-14-25(15-17-26)19-9-5-4-6-10-19;/h4-6,9-10,18H,7-8,11-17H2,1-3H3,(H2,22,23,24);1H. The Hall–Kier alpha value is -1.51. The average molecular weight is 501 g/mol. The summed E-state index contributed by atoms with van der Waals surface area (Å²) in [5.74, 6) is 1.72. The number of carbonyl (C=O) groups excluding carboxylic acids is 1. The number of piperazine rings is 1. The van der Waals surface area contributed by atoms with Crippen molar-refractivity contribution in [3.63, 3.8) is 0 Å². The number of nitrogens with zero attached hydrogens (tertiary/aromatic N) is 3. The van der Waals surface area contributed by atoms with Gasteiger partial charge in [-0.2, -0.15) is 0 Å². The number of guanidine groups is 1. The van der Waals surface area contributed by atoms with Crippen LogP contribution in [0, 0.1) is 5.92 Å². The number of amides is 1. The lowest BCUT2D eigenvalue weighted by atomic mass is 10.1. The molecule has 28 heavy (non-hydrogen) atoms. The number of rotatable bonds is 8. The maximum atomic E-state index is 12.5. The van der Waals surface area contributed by atoms with E-state index in [1.165, 1.54) is 12.1 Å². The quantitative estimate of drug-likeness (QED) is 0.249. The number of benzene rings is 1. The van der Waals surface area contributed by atoms with Crippen molar-refractivity contribution in [2.45, 2.75) is 33.1 Å². The van der Waals surface area contributed by atoms with Crippen molar-refractivity contribution in [3.8, 4) is 0 Å². The summed E-state index contributed by atoms with van der Waals surface area (Å²) < 4.78 is 0. The summed E-state index contributed by atoms with van der Waals surface area (Å²) >= 11 is 0. The van der Waals surface area contributed by atoms with Crippen LogP contribution in [0.2, 0.25) is 0 Å². The molecule has 2 N–H and O–H groups in total. The van der Waals surface area contributed by atoms with Gasteiger partial charge in [-0.15, -0.1) is 24.0 Å². The first-order valence-corrected chi connectivity index (χ1v) is 10.1. The summed E-state index contributed by atoms with van der Waals surface area (Å²) in [5, 5.41) is 6.55. The summed E-state index contributed by atoms with van der Waals surface area (Å²) in [4.78, 5) is 21.0. The van der Waals surface area contributed by atoms with Crippen LogP contribution in [0.15, 0.2) is 35.3 Å². The van der Waals surface area contributed by atoms with Crippen molar-refractivity contribution in [3.05, 3.63) is 30.3 Å². The van der Waals surface area contributed by atoms with Crippen molar-refractivity contribution < 1.29 is 4.79 Å². The molecule has 0 atom stereocenters. The lowest BCUT2D eigenvalue weighted by molar-refractivity contribution is -0.131. The van der Waals surface area contributed by atoms with Gasteiger partial charge in [-0.1, -0.05) is 32.0 Å². The molecule has 0 bridgehead atoms. The summed E-state index contributed by atoms with van der Waals surface area (Å²) in [6.45, 7) is 9.35. The second kappa shape index (κ2) is 13.6. The van der Waals surface area contributed by atoms with Crippen LogP contribution in [0.3, 0.4) is 0 Å². The van der Waals surface area contributed by atoms with Crippen molar-refractivity contribution in [2.24, 2.45) is 10.9 Å². The Morgan fingerprint density at radius 2 is 1.71 bits per heavy atom. The molecule has 1 aliphatic rings. The third kappa shape index (κ3) is 8.67. The molecular formula is C21H36IN5O. The topological polar surface area (TPSA) is 60.0 Å². The average Bonchev–Trinajstić information content (AvgIpc) is 2.70. The highest BCUT2D eigenvalue weighted by atomic mass is 127. The first-order chi connectivity index (χ1) is 13.1. The normalized spacial score (nSPS) is 14.6. The van der Waals surface area contributed by atoms with E-state index in [2.05, 4.69) is 58.6 Å². The van der Waals surface area contributed by atoms with E-state index in [0.717, 1.165) is 51.0 Å². The second-order valence-electron chi connectivity index (χ2n) is 7.42. The van der Waals surface area contributed by atoms with Crippen molar-refractivity contribution in [1.82, 2.24) is 15.5 Å². The largest absolute Gasteiger partial charge is 0.368 e. The van der Waals surface area contributed by atoms with Gasteiger partial charge in [0.2, 0.25) is 5.91 Å². The van der Waals surface area contributed by atoms with Crippen molar-refractivity contribution >= 4 is 41.5 Å². The fourth-order valence-corrected chi connectivity index (χ4v) is 3.24. The van der Waals surface area contributed by atoms with E-state index >= 15 is 0 Å². The highest BCUT2D eigenvalue weighted by Crippen LogP contribution is 2.15. The molecule has 158 valence electrons. The molecule has 0 aliphatic carbocycles. The molecule has 1 fully saturated rings. The van der Waals surface area contributed by atoms with Gasteiger partial charge in [0.05, 0.1) is 0 Å². The first kappa shape index (κ1) is 24.5. The number of nitrogens with one attached hydrogen (secondary N) is 2. The predicted octanol–water partition coefficient (Wildman–Crippen LogP) is 2.94. The van der Waals surface area contributed by atoms with E-state index < -0.39 is 0 Å². The third-order valence-corrected chi connectivity index (χ3v) is 4.86. The molecule has 0 spiro atoms. The molecule has 1 aromatic carbocycles. The number of halogens is 1. The lowest BCUT2D eigenvalue weighted by Crippen LogP contribution is -2.49. The zero-order valence-corrected chi connectivity index (χ0v) is 19.8. The van der Waals surface area contributed by atoms with Gasteiger partial charge in [0, 0.05) is 58.4 Å². The summed E-state index contributed by atoms with van der Waals surface area (Å²) in [5.41, 5.74) is 1.23. The van der Waals surface area contributed by atoms with E-state index in [9.17, 15) is 4.79 Å². The zero-order valence-electron chi connectivity index (χ0n) is 17.5. The summed E-state index contributed by atoms with van der Waals surface area (Å²) in [7, 11) is 1.77. The predicted molar refractivity (Wildman–Crippen MR) is 129 cm³/mol. The van der Waals surface area contributed by atoms with Gasteiger partial charge in [0.15, 0.2) is 5.96 Å². The number of hydrogen-bond acceptors (Lipinski definition) is 3. The van der Waals surface area contributed by atoms with Gasteiger partial charge in [-0.3, -0.25) is 9.79 Å². The Balaban J connectivity index is 0.00000392. The van der Waals surface area contributed by atoms with Crippen LogP contribution in [-0.2, 0) is 4.79 Å².